The number of aryl methyl sites for hydroxylation is 1. The monoisotopic (exact) mass is 348 g/mol. The molecule has 1 aromatic carbocycles. The lowest BCUT2D eigenvalue weighted by Crippen LogP contribution is -2.35. The van der Waals surface area contributed by atoms with Crippen molar-refractivity contribution in [3.05, 3.63) is 52.1 Å². The van der Waals surface area contributed by atoms with Crippen LogP contribution in [0.2, 0.25) is 0 Å². The summed E-state index contributed by atoms with van der Waals surface area (Å²) >= 11 is 3.46. The molecule has 0 aliphatic heterocycles. The van der Waals surface area contributed by atoms with Gasteiger partial charge in [0.2, 0.25) is 5.88 Å². The molecule has 0 atom stereocenters. The van der Waals surface area contributed by atoms with Gasteiger partial charge in [0.05, 0.1) is 0 Å². The molecule has 0 aliphatic rings. The summed E-state index contributed by atoms with van der Waals surface area (Å²) in [4.78, 5) is 4.28. The van der Waals surface area contributed by atoms with Gasteiger partial charge in [0.15, 0.2) is 0 Å². The van der Waals surface area contributed by atoms with Crippen LogP contribution in [0.3, 0.4) is 0 Å². The standard InChI is InChI=1S/C17H21BrN2O/c1-12-5-6-14(18)10-15(12)21-16-9-13(7-8-19-16)11-20-17(2,3)4/h5-10,20H,11H2,1-4H3. The van der Waals surface area contributed by atoms with E-state index in [9.17, 15) is 0 Å². The lowest BCUT2D eigenvalue weighted by molar-refractivity contribution is 0.421. The number of rotatable bonds is 4. The summed E-state index contributed by atoms with van der Waals surface area (Å²) < 4.78 is 6.89. The summed E-state index contributed by atoms with van der Waals surface area (Å²) in [7, 11) is 0. The zero-order valence-electron chi connectivity index (χ0n) is 12.9. The van der Waals surface area contributed by atoms with Gasteiger partial charge in [-0.15, -0.1) is 0 Å². The first-order valence-electron chi connectivity index (χ1n) is 6.97. The zero-order chi connectivity index (χ0) is 15.5. The molecular formula is C17H21BrN2O. The van der Waals surface area contributed by atoms with Crippen LogP contribution in [0, 0.1) is 6.92 Å². The fraction of sp³-hybridized carbons (Fsp3) is 0.353. The Kier molecular flexibility index (Phi) is 5.01. The Morgan fingerprint density at radius 1 is 1.19 bits per heavy atom. The van der Waals surface area contributed by atoms with Crippen molar-refractivity contribution in [1.82, 2.24) is 10.3 Å². The van der Waals surface area contributed by atoms with Gasteiger partial charge in [-0.3, -0.25) is 0 Å². The van der Waals surface area contributed by atoms with Gasteiger partial charge in [-0.05, 0) is 57.0 Å². The van der Waals surface area contributed by atoms with Crippen LogP contribution in [0.4, 0.5) is 0 Å². The average Bonchev–Trinajstić information content (AvgIpc) is 2.40. The third-order valence-corrected chi connectivity index (χ3v) is 3.48. The summed E-state index contributed by atoms with van der Waals surface area (Å²) in [6.45, 7) is 9.26. The molecule has 0 spiro atoms. The molecule has 0 unspecified atom stereocenters. The van der Waals surface area contributed by atoms with Crippen molar-refractivity contribution in [2.75, 3.05) is 0 Å². The third kappa shape index (κ3) is 5.14. The van der Waals surface area contributed by atoms with Crippen LogP contribution in [0.1, 0.15) is 31.9 Å². The van der Waals surface area contributed by atoms with E-state index in [1.807, 2.05) is 37.3 Å². The Morgan fingerprint density at radius 3 is 2.67 bits per heavy atom. The highest BCUT2D eigenvalue weighted by Gasteiger charge is 2.09. The van der Waals surface area contributed by atoms with E-state index < -0.39 is 0 Å². The smallest absolute Gasteiger partial charge is 0.219 e. The van der Waals surface area contributed by atoms with Crippen molar-refractivity contribution in [2.24, 2.45) is 0 Å². The highest BCUT2D eigenvalue weighted by molar-refractivity contribution is 9.10. The summed E-state index contributed by atoms with van der Waals surface area (Å²) in [6.07, 6.45) is 1.78. The van der Waals surface area contributed by atoms with Crippen LogP contribution in [-0.4, -0.2) is 10.5 Å². The van der Waals surface area contributed by atoms with E-state index in [4.69, 9.17) is 4.74 Å². The maximum atomic E-state index is 5.89. The number of nitrogens with zero attached hydrogens (tertiary/aromatic N) is 1. The minimum Gasteiger partial charge on any atom is -0.439 e. The van der Waals surface area contributed by atoms with Crippen LogP contribution >= 0.6 is 15.9 Å². The molecule has 1 N–H and O–H groups in total. The first-order valence-corrected chi connectivity index (χ1v) is 7.77. The average molecular weight is 349 g/mol. The molecule has 3 nitrogen and oxygen atoms in total. The Labute approximate surface area is 134 Å². The molecule has 21 heavy (non-hydrogen) atoms. The molecule has 2 rings (SSSR count). The summed E-state index contributed by atoms with van der Waals surface area (Å²) in [5.74, 6) is 1.43. The first-order chi connectivity index (χ1) is 9.83. The van der Waals surface area contributed by atoms with E-state index in [0.29, 0.717) is 5.88 Å². The highest BCUT2D eigenvalue weighted by atomic mass is 79.9. The predicted octanol–water partition coefficient (Wildman–Crippen LogP) is 4.83. The fourth-order valence-corrected chi connectivity index (χ4v) is 2.12. The molecule has 1 heterocycles. The lowest BCUT2D eigenvalue weighted by atomic mass is 10.1. The molecule has 0 saturated carbocycles. The Morgan fingerprint density at radius 2 is 1.95 bits per heavy atom. The minimum absolute atomic E-state index is 0.0885. The lowest BCUT2D eigenvalue weighted by Gasteiger charge is -2.20. The Hall–Kier alpha value is -1.39. The second-order valence-electron chi connectivity index (χ2n) is 6.12. The second kappa shape index (κ2) is 6.58. The molecule has 0 aliphatic carbocycles. The second-order valence-corrected chi connectivity index (χ2v) is 7.03. The summed E-state index contributed by atoms with van der Waals surface area (Å²) in [5.41, 5.74) is 2.33. The van der Waals surface area contributed by atoms with Crippen LogP contribution in [0.25, 0.3) is 0 Å². The SMILES string of the molecule is Cc1ccc(Br)cc1Oc1cc(CNC(C)(C)C)ccn1. The van der Waals surface area contributed by atoms with Crippen LogP contribution in [0.5, 0.6) is 11.6 Å². The van der Waals surface area contributed by atoms with Crippen molar-refractivity contribution >= 4 is 15.9 Å². The number of nitrogens with one attached hydrogen (secondary N) is 1. The van der Waals surface area contributed by atoms with E-state index >= 15 is 0 Å². The topological polar surface area (TPSA) is 34.1 Å². The van der Waals surface area contributed by atoms with Crippen molar-refractivity contribution in [2.45, 2.75) is 39.8 Å². The van der Waals surface area contributed by atoms with Gasteiger partial charge in [-0.1, -0.05) is 22.0 Å². The maximum absolute atomic E-state index is 5.89. The van der Waals surface area contributed by atoms with Crippen LogP contribution < -0.4 is 10.1 Å². The number of hydrogen-bond acceptors (Lipinski definition) is 3. The molecule has 1 aromatic heterocycles. The molecule has 0 fully saturated rings. The number of ether oxygens (including phenoxy) is 1. The zero-order valence-corrected chi connectivity index (χ0v) is 14.5. The third-order valence-electron chi connectivity index (χ3n) is 2.99. The number of pyridine rings is 1. The molecule has 0 radical (unpaired) electrons. The number of aromatic nitrogens is 1. The summed E-state index contributed by atoms with van der Waals surface area (Å²) in [6, 6.07) is 9.94. The van der Waals surface area contributed by atoms with Crippen LogP contribution in [0.15, 0.2) is 41.0 Å². The van der Waals surface area contributed by atoms with E-state index in [1.54, 1.807) is 6.20 Å². The van der Waals surface area contributed by atoms with Gasteiger partial charge in [0.1, 0.15) is 5.75 Å². The molecule has 112 valence electrons. The van der Waals surface area contributed by atoms with Gasteiger partial charge >= 0.3 is 0 Å². The van der Waals surface area contributed by atoms with Crippen molar-refractivity contribution in [3.8, 4) is 11.6 Å². The van der Waals surface area contributed by atoms with E-state index in [2.05, 4.69) is 47.0 Å². The molecular weight excluding hydrogens is 328 g/mol. The van der Waals surface area contributed by atoms with Crippen molar-refractivity contribution < 1.29 is 4.74 Å². The van der Waals surface area contributed by atoms with Gasteiger partial charge in [-0.2, -0.15) is 0 Å². The molecule has 4 heteroatoms. The van der Waals surface area contributed by atoms with Gasteiger partial charge in [-0.25, -0.2) is 4.98 Å². The molecule has 0 bridgehead atoms. The van der Waals surface area contributed by atoms with Crippen molar-refractivity contribution in [1.29, 1.82) is 0 Å². The Balaban J connectivity index is 2.12. The maximum Gasteiger partial charge on any atom is 0.219 e. The van der Waals surface area contributed by atoms with Crippen molar-refractivity contribution in [3.63, 3.8) is 0 Å². The molecule has 2 aromatic rings. The van der Waals surface area contributed by atoms with Gasteiger partial charge in [0.25, 0.3) is 0 Å². The Bertz CT molecular complexity index is 620. The highest BCUT2D eigenvalue weighted by Crippen LogP contribution is 2.27. The minimum atomic E-state index is 0.0885. The molecule has 0 saturated heterocycles. The quantitative estimate of drug-likeness (QED) is 0.858. The molecule has 0 amide bonds. The van der Waals surface area contributed by atoms with Gasteiger partial charge in [0, 0.05) is 28.8 Å². The number of halogens is 1. The van der Waals surface area contributed by atoms with Gasteiger partial charge < -0.3 is 10.1 Å². The first kappa shape index (κ1) is 16.0. The van der Waals surface area contributed by atoms with E-state index in [-0.39, 0.29) is 5.54 Å². The summed E-state index contributed by atoms with van der Waals surface area (Å²) in [5, 5.41) is 3.46. The van der Waals surface area contributed by atoms with E-state index in [0.717, 1.165) is 27.9 Å². The van der Waals surface area contributed by atoms with E-state index in [1.165, 1.54) is 0 Å². The number of hydrogen-bond donors (Lipinski definition) is 1. The fourth-order valence-electron chi connectivity index (χ4n) is 1.78. The largest absolute Gasteiger partial charge is 0.439 e. The van der Waals surface area contributed by atoms with Crippen LogP contribution in [-0.2, 0) is 6.54 Å². The predicted molar refractivity (Wildman–Crippen MR) is 89.8 cm³/mol. The normalized spacial score (nSPS) is 11.5. The number of benzene rings is 1.